The van der Waals surface area contributed by atoms with Crippen LogP contribution in [0, 0.1) is 6.92 Å². The third kappa shape index (κ3) is 3.15. The lowest BCUT2D eigenvalue weighted by molar-refractivity contribution is -0.0124. The number of aromatic nitrogens is 2. The van der Waals surface area contributed by atoms with Gasteiger partial charge in [-0.3, -0.25) is 4.79 Å². The number of amides is 1. The molecule has 23 heavy (non-hydrogen) atoms. The summed E-state index contributed by atoms with van der Waals surface area (Å²) in [6, 6.07) is 8.18. The van der Waals surface area contributed by atoms with Gasteiger partial charge in [-0.1, -0.05) is 24.6 Å². The fourth-order valence-corrected chi connectivity index (χ4v) is 2.97. The number of carbonyl (C=O) groups is 1. The van der Waals surface area contributed by atoms with Gasteiger partial charge in [0.25, 0.3) is 5.91 Å². The van der Waals surface area contributed by atoms with E-state index in [9.17, 15) is 4.79 Å². The summed E-state index contributed by atoms with van der Waals surface area (Å²) in [6.07, 6.45) is 2.54. The predicted molar refractivity (Wildman–Crippen MR) is 89.0 cm³/mol. The number of ether oxygens (including phenoxy) is 1. The van der Waals surface area contributed by atoms with Gasteiger partial charge in [0.05, 0.1) is 35.9 Å². The molecule has 1 fully saturated rings. The Labute approximate surface area is 136 Å². The average molecular weight is 313 g/mol. The van der Waals surface area contributed by atoms with Gasteiger partial charge >= 0.3 is 0 Å². The number of hydrogen-bond donors (Lipinski definition) is 0. The van der Waals surface area contributed by atoms with Crippen LogP contribution in [0.5, 0.6) is 0 Å². The molecule has 1 atom stereocenters. The van der Waals surface area contributed by atoms with Crippen molar-refractivity contribution in [2.45, 2.75) is 33.3 Å². The molecule has 0 spiro atoms. The van der Waals surface area contributed by atoms with Gasteiger partial charge in [0.15, 0.2) is 0 Å². The highest BCUT2D eigenvalue weighted by atomic mass is 16.5. The van der Waals surface area contributed by atoms with E-state index >= 15 is 0 Å². The van der Waals surface area contributed by atoms with Crippen molar-refractivity contribution >= 4 is 5.91 Å². The Morgan fingerprint density at radius 3 is 2.74 bits per heavy atom. The lowest BCUT2D eigenvalue weighted by Gasteiger charge is -2.31. The highest BCUT2D eigenvalue weighted by Crippen LogP contribution is 2.19. The highest BCUT2D eigenvalue weighted by Gasteiger charge is 2.26. The molecule has 1 saturated heterocycles. The molecular formula is C18H23N3O2. The lowest BCUT2D eigenvalue weighted by atomic mass is 10.1. The summed E-state index contributed by atoms with van der Waals surface area (Å²) < 4.78 is 7.39. The maximum absolute atomic E-state index is 12.8. The summed E-state index contributed by atoms with van der Waals surface area (Å²) in [5.74, 6) is 0.0513. The van der Waals surface area contributed by atoms with Crippen LogP contribution in [0.2, 0.25) is 0 Å². The number of morpholine rings is 1. The van der Waals surface area contributed by atoms with Gasteiger partial charge in [0.2, 0.25) is 0 Å². The molecule has 1 aliphatic heterocycles. The second-order valence-electron chi connectivity index (χ2n) is 6.04. The Balaban J connectivity index is 1.91. The van der Waals surface area contributed by atoms with Gasteiger partial charge < -0.3 is 9.64 Å². The van der Waals surface area contributed by atoms with Gasteiger partial charge in [-0.05, 0) is 32.4 Å². The number of carbonyl (C=O) groups excluding carboxylic acids is 1. The van der Waals surface area contributed by atoms with E-state index in [4.69, 9.17) is 4.74 Å². The predicted octanol–water partition coefficient (Wildman–Crippen LogP) is 2.60. The fraction of sp³-hybridized carbons (Fsp3) is 0.444. The molecule has 0 bridgehead atoms. The quantitative estimate of drug-likeness (QED) is 0.875. The number of hydrogen-bond acceptors (Lipinski definition) is 3. The molecule has 1 aromatic carbocycles. The smallest absolute Gasteiger partial charge is 0.257 e. The van der Waals surface area contributed by atoms with E-state index in [2.05, 4.69) is 31.1 Å². The van der Waals surface area contributed by atoms with Crippen LogP contribution in [-0.2, 0) is 11.2 Å². The van der Waals surface area contributed by atoms with Crippen LogP contribution in [0.1, 0.15) is 35.5 Å². The first kappa shape index (κ1) is 15.7. The third-order valence-corrected chi connectivity index (χ3v) is 4.24. The van der Waals surface area contributed by atoms with E-state index in [0.717, 1.165) is 17.8 Å². The Hall–Kier alpha value is -2.14. The largest absolute Gasteiger partial charge is 0.375 e. The van der Waals surface area contributed by atoms with E-state index in [1.165, 1.54) is 5.56 Å². The topological polar surface area (TPSA) is 47.4 Å². The van der Waals surface area contributed by atoms with Crippen molar-refractivity contribution in [2.24, 2.45) is 0 Å². The molecule has 1 aromatic heterocycles. The first-order chi connectivity index (χ1) is 11.1. The van der Waals surface area contributed by atoms with Crippen molar-refractivity contribution < 1.29 is 9.53 Å². The minimum absolute atomic E-state index is 0.0513. The lowest BCUT2D eigenvalue weighted by Crippen LogP contribution is -2.44. The number of aryl methyl sites for hydroxylation is 1. The third-order valence-electron chi connectivity index (χ3n) is 4.24. The molecule has 3 rings (SSSR count). The van der Waals surface area contributed by atoms with Crippen molar-refractivity contribution in [3.05, 3.63) is 47.3 Å². The maximum atomic E-state index is 12.8. The first-order valence-corrected chi connectivity index (χ1v) is 8.15. The van der Waals surface area contributed by atoms with Crippen molar-refractivity contribution in [3.8, 4) is 5.69 Å². The van der Waals surface area contributed by atoms with Gasteiger partial charge in [-0.15, -0.1) is 0 Å². The summed E-state index contributed by atoms with van der Waals surface area (Å²) in [6.45, 7) is 7.98. The van der Waals surface area contributed by atoms with Crippen LogP contribution in [-0.4, -0.2) is 46.4 Å². The van der Waals surface area contributed by atoms with Crippen LogP contribution in [0.15, 0.2) is 30.5 Å². The van der Waals surface area contributed by atoms with Crippen LogP contribution in [0.25, 0.3) is 5.69 Å². The first-order valence-electron chi connectivity index (χ1n) is 8.15. The fourth-order valence-electron chi connectivity index (χ4n) is 2.97. The van der Waals surface area contributed by atoms with Gasteiger partial charge in [-0.2, -0.15) is 5.10 Å². The Bertz CT molecular complexity index is 691. The van der Waals surface area contributed by atoms with E-state index in [1.54, 1.807) is 6.20 Å². The molecule has 0 radical (unpaired) electrons. The van der Waals surface area contributed by atoms with Crippen LogP contribution < -0.4 is 0 Å². The Morgan fingerprint density at radius 1 is 1.35 bits per heavy atom. The normalized spacial score (nSPS) is 18.2. The number of nitrogens with zero attached hydrogens (tertiary/aromatic N) is 3. The van der Waals surface area contributed by atoms with Crippen LogP contribution in [0.3, 0.4) is 0 Å². The molecule has 2 heterocycles. The van der Waals surface area contributed by atoms with Crippen LogP contribution in [0.4, 0.5) is 0 Å². The van der Waals surface area contributed by atoms with Gasteiger partial charge in [0, 0.05) is 13.1 Å². The van der Waals surface area contributed by atoms with E-state index in [-0.39, 0.29) is 12.0 Å². The standard InChI is InChI=1S/C18H23N3O2/c1-4-17-16(18(22)20-9-10-23-14(3)12-20)11-19-21(17)15-7-5-13(2)6-8-15/h5-8,11,14H,4,9-10,12H2,1-3H3/t14-/m1/s1. The average Bonchev–Trinajstić information content (AvgIpc) is 2.98. The van der Waals surface area contributed by atoms with Crippen LogP contribution >= 0.6 is 0 Å². The molecule has 0 N–H and O–H groups in total. The molecule has 5 nitrogen and oxygen atoms in total. The summed E-state index contributed by atoms with van der Waals surface area (Å²) in [7, 11) is 0. The molecule has 1 aliphatic rings. The summed E-state index contributed by atoms with van der Waals surface area (Å²) in [4.78, 5) is 14.7. The van der Waals surface area contributed by atoms with Crippen molar-refractivity contribution in [1.82, 2.24) is 14.7 Å². The SMILES string of the molecule is CCc1c(C(=O)N2CCO[C@H](C)C2)cnn1-c1ccc(C)cc1. The highest BCUT2D eigenvalue weighted by molar-refractivity contribution is 5.95. The molecule has 2 aromatic rings. The second-order valence-corrected chi connectivity index (χ2v) is 6.04. The van der Waals surface area contributed by atoms with Crippen molar-refractivity contribution in [1.29, 1.82) is 0 Å². The van der Waals surface area contributed by atoms with Gasteiger partial charge in [-0.25, -0.2) is 4.68 Å². The van der Waals surface area contributed by atoms with Gasteiger partial charge in [0.1, 0.15) is 0 Å². The monoisotopic (exact) mass is 313 g/mol. The minimum Gasteiger partial charge on any atom is -0.375 e. The van der Waals surface area contributed by atoms with Crippen molar-refractivity contribution in [2.75, 3.05) is 19.7 Å². The minimum atomic E-state index is 0.0513. The molecule has 0 aliphatic carbocycles. The molecule has 122 valence electrons. The second kappa shape index (κ2) is 6.54. The van der Waals surface area contributed by atoms with E-state index in [1.807, 2.05) is 28.6 Å². The summed E-state index contributed by atoms with van der Waals surface area (Å²) in [5, 5.41) is 4.46. The maximum Gasteiger partial charge on any atom is 0.257 e. The Morgan fingerprint density at radius 2 is 2.09 bits per heavy atom. The zero-order chi connectivity index (χ0) is 16.4. The Kier molecular flexibility index (Phi) is 4.48. The summed E-state index contributed by atoms with van der Waals surface area (Å²) in [5.41, 5.74) is 3.85. The molecule has 1 amide bonds. The zero-order valence-electron chi connectivity index (χ0n) is 14.0. The van der Waals surface area contributed by atoms with E-state index < -0.39 is 0 Å². The number of rotatable bonds is 3. The molecule has 5 heteroatoms. The summed E-state index contributed by atoms with van der Waals surface area (Å²) >= 11 is 0. The van der Waals surface area contributed by atoms with Crippen molar-refractivity contribution in [3.63, 3.8) is 0 Å². The molecule has 0 unspecified atom stereocenters. The molecular weight excluding hydrogens is 290 g/mol. The zero-order valence-corrected chi connectivity index (χ0v) is 14.0. The number of benzene rings is 1. The van der Waals surface area contributed by atoms with E-state index in [0.29, 0.717) is 25.3 Å². The molecule has 0 saturated carbocycles.